The minimum atomic E-state index is 0.362. The van der Waals surface area contributed by atoms with Crippen molar-refractivity contribution < 1.29 is 4.79 Å². The van der Waals surface area contributed by atoms with Gasteiger partial charge >= 0.3 is 0 Å². The van der Waals surface area contributed by atoms with E-state index in [1.165, 1.54) is 44.3 Å². The van der Waals surface area contributed by atoms with Gasteiger partial charge in [-0.05, 0) is 25.0 Å². The first kappa shape index (κ1) is 13.1. The number of Topliss-reactive ketones (excluding diaryl/α,β-unsaturated/α-hetero) is 1. The molecule has 0 radical (unpaired) electrons. The van der Waals surface area contributed by atoms with Crippen LogP contribution in [0.2, 0.25) is 0 Å². The zero-order valence-electron chi connectivity index (χ0n) is 9.96. The summed E-state index contributed by atoms with van der Waals surface area (Å²) in [7, 11) is 0. The monoisotopic (exact) mass is 228 g/mol. The van der Waals surface area contributed by atoms with Crippen molar-refractivity contribution in [2.24, 2.45) is 0 Å². The van der Waals surface area contributed by atoms with Crippen LogP contribution >= 0.6 is 11.8 Å². The Hall–Kier alpha value is 0.0200. The molecule has 2 heteroatoms. The summed E-state index contributed by atoms with van der Waals surface area (Å²) in [6, 6.07) is 0. The molecule has 1 aliphatic rings. The van der Waals surface area contributed by atoms with E-state index < -0.39 is 0 Å². The van der Waals surface area contributed by atoms with Gasteiger partial charge in [0.25, 0.3) is 0 Å². The van der Waals surface area contributed by atoms with Gasteiger partial charge < -0.3 is 0 Å². The lowest BCUT2D eigenvalue weighted by atomic mass is 10.0. The van der Waals surface area contributed by atoms with Crippen LogP contribution in [0.1, 0.15) is 64.7 Å². The summed E-state index contributed by atoms with van der Waals surface area (Å²) in [5.41, 5.74) is 0. The Morgan fingerprint density at radius 3 is 2.60 bits per heavy atom. The third-order valence-electron chi connectivity index (χ3n) is 3.07. The lowest BCUT2D eigenvalue weighted by Crippen LogP contribution is -2.13. The van der Waals surface area contributed by atoms with E-state index in [-0.39, 0.29) is 0 Å². The maximum absolute atomic E-state index is 11.7. The highest BCUT2D eigenvalue weighted by Crippen LogP contribution is 2.28. The van der Waals surface area contributed by atoms with Gasteiger partial charge in [-0.3, -0.25) is 4.79 Å². The predicted molar refractivity (Wildman–Crippen MR) is 68.5 cm³/mol. The van der Waals surface area contributed by atoms with Gasteiger partial charge in [0.1, 0.15) is 5.78 Å². The Morgan fingerprint density at radius 1 is 1.20 bits per heavy atom. The molecule has 0 aromatic carbocycles. The third-order valence-corrected chi connectivity index (χ3v) is 4.49. The van der Waals surface area contributed by atoms with Crippen LogP contribution in [0.15, 0.2) is 0 Å². The second kappa shape index (κ2) is 8.20. The van der Waals surface area contributed by atoms with E-state index >= 15 is 0 Å². The van der Waals surface area contributed by atoms with Crippen LogP contribution in [0.3, 0.4) is 0 Å². The Labute approximate surface area is 98.4 Å². The van der Waals surface area contributed by atoms with E-state index in [0.29, 0.717) is 11.0 Å². The van der Waals surface area contributed by atoms with Crippen LogP contribution in [0.5, 0.6) is 0 Å². The van der Waals surface area contributed by atoms with Crippen molar-refractivity contribution in [3.05, 3.63) is 0 Å². The molecule has 1 nitrogen and oxygen atoms in total. The van der Waals surface area contributed by atoms with Gasteiger partial charge in [-0.1, -0.05) is 39.0 Å². The average molecular weight is 228 g/mol. The molecular formula is C13H24OS. The highest BCUT2D eigenvalue weighted by molar-refractivity contribution is 8.00. The van der Waals surface area contributed by atoms with E-state index in [1.807, 2.05) is 11.8 Å². The van der Waals surface area contributed by atoms with Crippen LogP contribution in [-0.4, -0.2) is 16.8 Å². The molecule has 0 spiro atoms. The standard InChI is InChI=1S/C13H24OS/c1-2-3-4-5-6-7-9-12(14)13-10-8-11-15-13/h13H,2-11H2,1H3. The molecule has 0 aromatic rings. The van der Waals surface area contributed by atoms with Crippen LogP contribution in [0.4, 0.5) is 0 Å². The molecule has 0 aliphatic carbocycles. The number of hydrogen-bond acceptors (Lipinski definition) is 2. The van der Waals surface area contributed by atoms with E-state index in [0.717, 1.165) is 19.3 Å². The number of rotatable bonds is 8. The van der Waals surface area contributed by atoms with Crippen molar-refractivity contribution in [3.63, 3.8) is 0 Å². The second-order valence-corrected chi connectivity index (χ2v) is 5.80. The number of hydrogen-bond donors (Lipinski definition) is 0. The van der Waals surface area contributed by atoms with Crippen molar-refractivity contribution in [1.82, 2.24) is 0 Å². The van der Waals surface area contributed by atoms with Crippen molar-refractivity contribution in [2.75, 3.05) is 5.75 Å². The molecule has 0 aromatic heterocycles. The first-order valence-corrected chi connectivity index (χ1v) is 7.53. The SMILES string of the molecule is CCCCCCCCC(=O)C1CCCS1. The minimum Gasteiger partial charge on any atom is -0.298 e. The molecular weight excluding hydrogens is 204 g/mol. The summed E-state index contributed by atoms with van der Waals surface area (Å²) in [6.45, 7) is 2.24. The molecule has 0 N–H and O–H groups in total. The Bertz CT molecular complexity index is 173. The lowest BCUT2D eigenvalue weighted by Gasteiger charge is -2.06. The predicted octanol–water partition coefficient (Wildman–Crippen LogP) is 4.20. The largest absolute Gasteiger partial charge is 0.298 e. The fourth-order valence-electron chi connectivity index (χ4n) is 2.07. The Balaban J connectivity index is 1.92. The van der Waals surface area contributed by atoms with Gasteiger partial charge in [-0.25, -0.2) is 0 Å². The Morgan fingerprint density at radius 2 is 1.93 bits per heavy atom. The fraction of sp³-hybridized carbons (Fsp3) is 0.923. The molecule has 15 heavy (non-hydrogen) atoms. The smallest absolute Gasteiger partial charge is 0.145 e. The van der Waals surface area contributed by atoms with Gasteiger partial charge in [0.05, 0.1) is 5.25 Å². The average Bonchev–Trinajstić information content (AvgIpc) is 2.76. The second-order valence-electron chi connectivity index (χ2n) is 4.49. The molecule has 88 valence electrons. The molecule has 1 fully saturated rings. The molecule has 1 rings (SSSR count). The normalized spacial score (nSPS) is 20.7. The summed E-state index contributed by atoms with van der Waals surface area (Å²) >= 11 is 1.87. The Kier molecular flexibility index (Phi) is 7.16. The molecule has 1 unspecified atom stereocenters. The van der Waals surface area contributed by atoms with Gasteiger partial charge in [0, 0.05) is 6.42 Å². The van der Waals surface area contributed by atoms with Gasteiger partial charge in [0.15, 0.2) is 0 Å². The summed E-state index contributed by atoms with van der Waals surface area (Å²) in [5, 5.41) is 0.362. The highest BCUT2D eigenvalue weighted by Gasteiger charge is 2.22. The van der Waals surface area contributed by atoms with Crippen molar-refractivity contribution in [3.8, 4) is 0 Å². The quantitative estimate of drug-likeness (QED) is 0.579. The third kappa shape index (κ3) is 5.60. The molecule has 0 amide bonds. The van der Waals surface area contributed by atoms with Crippen LogP contribution < -0.4 is 0 Å². The molecule has 0 saturated carbocycles. The molecule has 1 heterocycles. The van der Waals surface area contributed by atoms with Crippen LogP contribution in [0.25, 0.3) is 0 Å². The number of carbonyl (C=O) groups excluding carboxylic acids is 1. The van der Waals surface area contributed by atoms with Crippen LogP contribution in [-0.2, 0) is 4.79 Å². The van der Waals surface area contributed by atoms with Gasteiger partial charge in [0.2, 0.25) is 0 Å². The number of thioether (sulfide) groups is 1. The summed E-state index contributed by atoms with van der Waals surface area (Å²) in [4.78, 5) is 11.7. The molecule has 1 aliphatic heterocycles. The van der Waals surface area contributed by atoms with E-state index in [2.05, 4.69) is 6.92 Å². The van der Waals surface area contributed by atoms with E-state index in [4.69, 9.17) is 0 Å². The zero-order chi connectivity index (χ0) is 10.9. The van der Waals surface area contributed by atoms with Crippen molar-refractivity contribution in [2.45, 2.75) is 70.0 Å². The van der Waals surface area contributed by atoms with Gasteiger partial charge in [-0.2, -0.15) is 11.8 Å². The van der Waals surface area contributed by atoms with Crippen LogP contribution in [0, 0.1) is 0 Å². The van der Waals surface area contributed by atoms with Crippen molar-refractivity contribution in [1.29, 1.82) is 0 Å². The number of unbranched alkanes of at least 4 members (excludes halogenated alkanes) is 5. The van der Waals surface area contributed by atoms with Gasteiger partial charge in [-0.15, -0.1) is 0 Å². The van der Waals surface area contributed by atoms with Crippen molar-refractivity contribution >= 4 is 17.5 Å². The fourth-order valence-corrected chi connectivity index (χ4v) is 3.33. The minimum absolute atomic E-state index is 0.362. The summed E-state index contributed by atoms with van der Waals surface area (Å²) in [5.74, 6) is 1.72. The summed E-state index contributed by atoms with van der Waals surface area (Å²) in [6.07, 6.45) is 10.9. The van der Waals surface area contributed by atoms with E-state index in [9.17, 15) is 4.79 Å². The maximum atomic E-state index is 11.7. The number of ketones is 1. The first-order valence-electron chi connectivity index (χ1n) is 6.49. The topological polar surface area (TPSA) is 17.1 Å². The molecule has 1 atom stereocenters. The molecule has 1 saturated heterocycles. The van der Waals surface area contributed by atoms with E-state index in [1.54, 1.807) is 0 Å². The maximum Gasteiger partial charge on any atom is 0.145 e. The number of carbonyl (C=O) groups is 1. The first-order chi connectivity index (χ1) is 7.34. The zero-order valence-corrected chi connectivity index (χ0v) is 10.8. The molecule has 0 bridgehead atoms. The highest BCUT2D eigenvalue weighted by atomic mass is 32.2. The lowest BCUT2D eigenvalue weighted by molar-refractivity contribution is -0.118. The summed E-state index contributed by atoms with van der Waals surface area (Å²) < 4.78 is 0.